The number of aryl methyl sites for hydroxylation is 1. The predicted molar refractivity (Wildman–Crippen MR) is 107 cm³/mol. The number of nitrogens with one attached hydrogen (secondary N) is 3. The normalized spacial score (nSPS) is 10.2. The zero-order valence-corrected chi connectivity index (χ0v) is 16.3. The number of hydrazine groups is 1. The van der Waals surface area contributed by atoms with Gasteiger partial charge in [0.2, 0.25) is 11.8 Å². The summed E-state index contributed by atoms with van der Waals surface area (Å²) in [6.07, 6.45) is 0.791. The Kier molecular flexibility index (Phi) is 8.74. The Morgan fingerprint density at radius 3 is 2.25 bits per heavy atom. The molecule has 7 nitrogen and oxygen atoms in total. The van der Waals surface area contributed by atoms with E-state index in [2.05, 4.69) is 16.2 Å². The first-order valence-electron chi connectivity index (χ1n) is 8.39. The summed E-state index contributed by atoms with van der Waals surface area (Å²) in [6.45, 7) is -0.756. The van der Waals surface area contributed by atoms with E-state index in [4.69, 9.17) is 27.9 Å². The van der Waals surface area contributed by atoms with Crippen molar-refractivity contribution in [3.63, 3.8) is 0 Å². The standard InChI is InChI=1S/C19H19Cl2N3O4/c20-14-7-4-8-15(19(14)21)22-17(26)11-28-12-18(27)24-23-16(25)10-9-13-5-2-1-3-6-13/h1-8H,9-12H2,(H,22,26)(H,23,25)(H,24,27). The van der Waals surface area contributed by atoms with Crippen LogP contribution in [0.5, 0.6) is 0 Å². The molecule has 9 heteroatoms. The summed E-state index contributed by atoms with van der Waals surface area (Å²) < 4.78 is 5.01. The summed E-state index contributed by atoms with van der Waals surface area (Å²) in [5.74, 6) is -1.41. The third-order valence-corrected chi connectivity index (χ3v) is 4.34. The smallest absolute Gasteiger partial charge is 0.264 e. The first kappa shape index (κ1) is 21.7. The molecule has 0 bridgehead atoms. The van der Waals surface area contributed by atoms with Crippen molar-refractivity contribution in [2.24, 2.45) is 0 Å². The lowest BCUT2D eigenvalue weighted by Gasteiger charge is -2.09. The Bertz CT molecular complexity index is 831. The molecule has 148 valence electrons. The van der Waals surface area contributed by atoms with Crippen molar-refractivity contribution in [2.45, 2.75) is 12.8 Å². The molecule has 0 aliphatic carbocycles. The monoisotopic (exact) mass is 423 g/mol. The highest BCUT2D eigenvalue weighted by Crippen LogP contribution is 2.29. The van der Waals surface area contributed by atoms with E-state index >= 15 is 0 Å². The van der Waals surface area contributed by atoms with Gasteiger partial charge in [0, 0.05) is 6.42 Å². The van der Waals surface area contributed by atoms with E-state index in [0.29, 0.717) is 17.1 Å². The van der Waals surface area contributed by atoms with Gasteiger partial charge in [-0.3, -0.25) is 25.2 Å². The van der Waals surface area contributed by atoms with Gasteiger partial charge in [-0.1, -0.05) is 59.6 Å². The first-order chi connectivity index (χ1) is 13.5. The van der Waals surface area contributed by atoms with E-state index in [0.717, 1.165) is 5.56 Å². The minimum atomic E-state index is -0.582. The molecule has 0 unspecified atom stereocenters. The molecule has 0 spiro atoms. The summed E-state index contributed by atoms with van der Waals surface area (Å²) in [5, 5.41) is 3.05. The van der Waals surface area contributed by atoms with Crippen LogP contribution in [0.2, 0.25) is 10.0 Å². The van der Waals surface area contributed by atoms with Crippen LogP contribution in [0.15, 0.2) is 48.5 Å². The molecule has 2 aromatic carbocycles. The van der Waals surface area contributed by atoms with E-state index in [9.17, 15) is 14.4 Å². The molecule has 0 saturated heterocycles. The van der Waals surface area contributed by atoms with Gasteiger partial charge >= 0.3 is 0 Å². The van der Waals surface area contributed by atoms with E-state index in [1.807, 2.05) is 30.3 Å². The second kappa shape index (κ2) is 11.3. The molecule has 3 N–H and O–H groups in total. The second-order valence-electron chi connectivity index (χ2n) is 5.72. The van der Waals surface area contributed by atoms with Crippen LogP contribution in [0.1, 0.15) is 12.0 Å². The summed E-state index contributed by atoms with van der Waals surface area (Å²) in [6, 6.07) is 14.3. The van der Waals surface area contributed by atoms with Gasteiger partial charge in [-0.25, -0.2) is 0 Å². The lowest BCUT2D eigenvalue weighted by atomic mass is 10.1. The van der Waals surface area contributed by atoms with Crippen molar-refractivity contribution in [2.75, 3.05) is 18.5 Å². The maximum atomic E-state index is 11.8. The molecule has 0 fully saturated rings. The maximum absolute atomic E-state index is 11.8. The van der Waals surface area contributed by atoms with Crippen molar-refractivity contribution >= 4 is 46.6 Å². The van der Waals surface area contributed by atoms with Gasteiger partial charge in [0.05, 0.1) is 15.7 Å². The molecular weight excluding hydrogens is 405 g/mol. The van der Waals surface area contributed by atoms with Crippen molar-refractivity contribution in [3.05, 3.63) is 64.1 Å². The Morgan fingerprint density at radius 1 is 0.821 bits per heavy atom. The Labute approximate surface area is 172 Å². The van der Waals surface area contributed by atoms with Crippen LogP contribution in [0.4, 0.5) is 5.69 Å². The third-order valence-electron chi connectivity index (χ3n) is 3.52. The molecule has 28 heavy (non-hydrogen) atoms. The largest absolute Gasteiger partial charge is 0.362 e. The van der Waals surface area contributed by atoms with Crippen LogP contribution in [-0.2, 0) is 25.5 Å². The lowest BCUT2D eigenvalue weighted by molar-refractivity contribution is -0.133. The number of anilines is 1. The fourth-order valence-electron chi connectivity index (χ4n) is 2.16. The molecule has 2 rings (SSSR count). The number of benzene rings is 2. The van der Waals surface area contributed by atoms with Crippen molar-refractivity contribution < 1.29 is 19.1 Å². The highest BCUT2D eigenvalue weighted by molar-refractivity contribution is 6.43. The van der Waals surface area contributed by atoms with E-state index < -0.39 is 18.4 Å². The van der Waals surface area contributed by atoms with Gasteiger partial charge in [0.25, 0.3) is 5.91 Å². The fraction of sp³-hybridized carbons (Fsp3) is 0.211. The average molecular weight is 424 g/mol. The molecule has 0 aliphatic heterocycles. The molecule has 0 atom stereocenters. The first-order valence-corrected chi connectivity index (χ1v) is 9.14. The van der Waals surface area contributed by atoms with Crippen LogP contribution in [0.25, 0.3) is 0 Å². The van der Waals surface area contributed by atoms with Crippen LogP contribution in [-0.4, -0.2) is 30.9 Å². The van der Waals surface area contributed by atoms with Gasteiger partial charge in [-0.15, -0.1) is 0 Å². The Balaban J connectivity index is 1.61. The molecule has 0 saturated carbocycles. The number of amides is 3. The molecule has 2 aromatic rings. The van der Waals surface area contributed by atoms with Crippen molar-refractivity contribution in [1.82, 2.24) is 10.9 Å². The molecule has 0 aliphatic rings. The zero-order valence-electron chi connectivity index (χ0n) is 14.8. The maximum Gasteiger partial charge on any atom is 0.264 e. The van der Waals surface area contributed by atoms with Gasteiger partial charge in [0.1, 0.15) is 13.2 Å². The molecule has 3 amide bonds. The van der Waals surface area contributed by atoms with Crippen LogP contribution in [0.3, 0.4) is 0 Å². The van der Waals surface area contributed by atoms with Gasteiger partial charge in [0.15, 0.2) is 0 Å². The van der Waals surface area contributed by atoms with Crippen molar-refractivity contribution in [1.29, 1.82) is 0 Å². The molecule has 0 heterocycles. The van der Waals surface area contributed by atoms with Gasteiger partial charge < -0.3 is 10.1 Å². The number of ether oxygens (including phenoxy) is 1. The van der Waals surface area contributed by atoms with Crippen LogP contribution in [0, 0.1) is 0 Å². The summed E-state index contributed by atoms with van der Waals surface area (Å²) in [4.78, 5) is 35.2. The third kappa shape index (κ3) is 7.56. The fourth-order valence-corrected chi connectivity index (χ4v) is 2.51. The number of hydrogen-bond acceptors (Lipinski definition) is 4. The van der Waals surface area contributed by atoms with E-state index in [1.165, 1.54) is 0 Å². The zero-order chi connectivity index (χ0) is 20.4. The summed E-state index contributed by atoms with van der Waals surface area (Å²) in [5.41, 5.74) is 5.89. The minimum Gasteiger partial charge on any atom is -0.362 e. The van der Waals surface area contributed by atoms with Crippen LogP contribution < -0.4 is 16.2 Å². The van der Waals surface area contributed by atoms with E-state index in [-0.39, 0.29) is 24.0 Å². The number of hydrogen-bond donors (Lipinski definition) is 3. The number of carbonyl (C=O) groups excluding carboxylic acids is 3. The average Bonchev–Trinajstić information content (AvgIpc) is 2.69. The highest BCUT2D eigenvalue weighted by Gasteiger charge is 2.10. The molecular formula is C19H19Cl2N3O4. The molecule has 0 aromatic heterocycles. The molecule has 0 radical (unpaired) electrons. The minimum absolute atomic E-state index is 0.216. The number of carbonyl (C=O) groups is 3. The van der Waals surface area contributed by atoms with Crippen LogP contribution >= 0.6 is 23.2 Å². The topological polar surface area (TPSA) is 96.5 Å². The Morgan fingerprint density at radius 2 is 1.50 bits per heavy atom. The predicted octanol–water partition coefficient (Wildman–Crippen LogP) is 2.73. The highest BCUT2D eigenvalue weighted by atomic mass is 35.5. The van der Waals surface area contributed by atoms with Crippen molar-refractivity contribution in [3.8, 4) is 0 Å². The van der Waals surface area contributed by atoms with E-state index in [1.54, 1.807) is 18.2 Å². The SMILES string of the molecule is O=C(CCc1ccccc1)NNC(=O)COCC(=O)Nc1cccc(Cl)c1Cl. The van der Waals surface area contributed by atoms with Gasteiger partial charge in [-0.05, 0) is 24.1 Å². The second-order valence-corrected chi connectivity index (χ2v) is 6.51. The Hall–Kier alpha value is -2.61. The number of halogens is 2. The number of rotatable bonds is 8. The summed E-state index contributed by atoms with van der Waals surface area (Å²) >= 11 is 11.8. The quantitative estimate of drug-likeness (QED) is 0.568. The lowest BCUT2D eigenvalue weighted by Crippen LogP contribution is -2.43. The van der Waals surface area contributed by atoms with Gasteiger partial charge in [-0.2, -0.15) is 0 Å². The summed E-state index contributed by atoms with van der Waals surface area (Å²) in [7, 11) is 0.